The van der Waals surface area contributed by atoms with Crippen molar-refractivity contribution in [3.05, 3.63) is 53.0 Å². The van der Waals surface area contributed by atoms with Gasteiger partial charge < -0.3 is 9.52 Å². The van der Waals surface area contributed by atoms with Gasteiger partial charge in [0.15, 0.2) is 0 Å². The van der Waals surface area contributed by atoms with Crippen LogP contribution in [0.2, 0.25) is 0 Å². The quantitative estimate of drug-likeness (QED) is 0.669. The second-order valence-electron chi connectivity index (χ2n) is 4.73. The zero-order valence-electron chi connectivity index (χ0n) is 12.3. The third kappa shape index (κ3) is 3.51. The van der Waals surface area contributed by atoms with Crippen LogP contribution in [0.25, 0.3) is 0 Å². The molecule has 1 amide bonds. The summed E-state index contributed by atoms with van der Waals surface area (Å²) in [5.41, 5.74) is 4.62. The number of hydrogen-bond donors (Lipinski definition) is 2. The lowest BCUT2D eigenvalue weighted by Gasteiger charge is -2.05. The second kappa shape index (κ2) is 6.26. The van der Waals surface area contributed by atoms with Crippen molar-refractivity contribution >= 4 is 11.6 Å². The number of amides is 1. The van der Waals surface area contributed by atoms with E-state index in [-0.39, 0.29) is 11.7 Å². The fraction of sp³-hybridized carbons (Fsp3) is 0.250. The summed E-state index contributed by atoms with van der Waals surface area (Å²) >= 11 is 0. The summed E-state index contributed by atoms with van der Waals surface area (Å²) in [4.78, 5) is 12.1. The molecule has 2 N–H and O–H groups in total. The molecule has 0 spiro atoms. The number of aromatic hydroxyl groups is 1. The molecule has 2 aromatic rings. The molecule has 0 fully saturated rings. The van der Waals surface area contributed by atoms with Crippen molar-refractivity contribution in [2.24, 2.45) is 5.10 Å². The topological polar surface area (TPSA) is 74.8 Å². The van der Waals surface area contributed by atoms with Gasteiger partial charge in [0, 0.05) is 0 Å². The SMILES string of the molecule is CC/C(=N\NC(=O)c1cc(C)oc1C)c1ccc(O)cc1. The summed E-state index contributed by atoms with van der Waals surface area (Å²) in [5, 5.41) is 13.5. The van der Waals surface area contributed by atoms with E-state index in [1.807, 2.05) is 6.92 Å². The number of carbonyl (C=O) groups is 1. The Morgan fingerprint density at radius 2 is 1.95 bits per heavy atom. The van der Waals surface area contributed by atoms with Gasteiger partial charge in [-0.2, -0.15) is 5.10 Å². The van der Waals surface area contributed by atoms with E-state index in [4.69, 9.17) is 4.42 Å². The van der Waals surface area contributed by atoms with E-state index in [9.17, 15) is 9.90 Å². The molecule has 1 heterocycles. The molecular weight excluding hydrogens is 268 g/mol. The van der Waals surface area contributed by atoms with E-state index in [0.717, 1.165) is 11.3 Å². The van der Waals surface area contributed by atoms with Crippen molar-refractivity contribution < 1.29 is 14.3 Å². The van der Waals surface area contributed by atoms with E-state index in [1.165, 1.54) is 0 Å². The summed E-state index contributed by atoms with van der Waals surface area (Å²) in [6, 6.07) is 8.39. The maximum atomic E-state index is 12.1. The van der Waals surface area contributed by atoms with Crippen LogP contribution >= 0.6 is 0 Å². The molecule has 1 aromatic carbocycles. The Balaban J connectivity index is 2.16. The van der Waals surface area contributed by atoms with Gasteiger partial charge in [0.25, 0.3) is 5.91 Å². The summed E-state index contributed by atoms with van der Waals surface area (Å²) < 4.78 is 5.33. The van der Waals surface area contributed by atoms with Gasteiger partial charge in [-0.15, -0.1) is 0 Å². The lowest BCUT2D eigenvalue weighted by molar-refractivity contribution is 0.0953. The summed E-state index contributed by atoms with van der Waals surface area (Å²) in [5.74, 6) is 1.16. The Morgan fingerprint density at radius 3 is 2.48 bits per heavy atom. The number of hydrazone groups is 1. The molecule has 0 atom stereocenters. The molecule has 0 unspecified atom stereocenters. The van der Waals surface area contributed by atoms with Gasteiger partial charge in [0.1, 0.15) is 17.3 Å². The molecule has 110 valence electrons. The van der Waals surface area contributed by atoms with Crippen molar-refractivity contribution in [2.45, 2.75) is 27.2 Å². The fourth-order valence-corrected chi connectivity index (χ4v) is 2.04. The highest BCUT2D eigenvalue weighted by molar-refractivity contribution is 6.02. The van der Waals surface area contributed by atoms with Crippen molar-refractivity contribution in [1.82, 2.24) is 5.43 Å². The minimum absolute atomic E-state index is 0.197. The molecule has 0 bridgehead atoms. The largest absolute Gasteiger partial charge is 0.508 e. The van der Waals surface area contributed by atoms with Crippen LogP contribution in [-0.4, -0.2) is 16.7 Å². The maximum Gasteiger partial charge on any atom is 0.274 e. The second-order valence-corrected chi connectivity index (χ2v) is 4.73. The number of nitrogens with zero attached hydrogens (tertiary/aromatic N) is 1. The monoisotopic (exact) mass is 286 g/mol. The van der Waals surface area contributed by atoms with Gasteiger partial charge in [0.2, 0.25) is 0 Å². The Labute approximate surface area is 123 Å². The molecular formula is C16H18N2O3. The zero-order chi connectivity index (χ0) is 15.4. The number of benzene rings is 1. The van der Waals surface area contributed by atoms with E-state index in [1.54, 1.807) is 44.2 Å². The van der Waals surface area contributed by atoms with Crippen LogP contribution in [-0.2, 0) is 0 Å². The first kappa shape index (κ1) is 14.8. The number of phenols is 1. The van der Waals surface area contributed by atoms with Crippen LogP contribution in [0.4, 0.5) is 0 Å². The molecule has 0 aliphatic carbocycles. The summed E-state index contributed by atoms with van der Waals surface area (Å²) in [7, 11) is 0. The summed E-state index contributed by atoms with van der Waals surface area (Å²) in [6.45, 7) is 5.48. The molecule has 0 aliphatic rings. The molecule has 0 aliphatic heterocycles. The first-order chi connectivity index (χ1) is 10.0. The normalized spacial score (nSPS) is 11.5. The van der Waals surface area contributed by atoms with Gasteiger partial charge in [0.05, 0.1) is 11.3 Å². The maximum absolute atomic E-state index is 12.1. The predicted octanol–water partition coefficient (Wildman–Crippen LogP) is 3.15. The Bertz CT molecular complexity index is 669. The standard InChI is InChI=1S/C16H18N2O3/c1-4-15(12-5-7-13(19)8-6-12)17-18-16(20)14-9-10(2)21-11(14)3/h5-9,19H,4H2,1-3H3,(H,18,20)/b17-15+. The van der Waals surface area contributed by atoms with Gasteiger partial charge in [-0.05, 0) is 56.2 Å². The van der Waals surface area contributed by atoms with E-state index >= 15 is 0 Å². The highest BCUT2D eigenvalue weighted by Crippen LogP contribution is 2.14. The third-order valence-corrected chi connectivity index (χ3v) is 3.11. The van der Waals surface area contributed by atoms with Crippen molar-refractivity contribution in [3.63, 3.8) is 0 Å². The summed E-state index contributed by atoms with van der Waals surface area (Å²) in [6.07, 6.45) is 0.661. The number of aryl methyl sites for hydroxylation is 2. The minimum Gasteiger partial charge on any atom is -0.508 e. The number of nitrogens with one attached hydrogen (secondary N) is 1. The Kier molecular flexibility index (Phi) is 4.42. The highest BCUT2D eigenvalue weighted by Gasteiger charge is 2.13. The van der Waals surface area contributed by atoms with Gasteiger partial charge in [-0.3, -0.25) is 4.79 Å². The smallest absolute Gasteiger partial charge is 0.274 e. The molecule has 1 aromatic heterocycles. The number of rotatable bonds is 4. The minimum atomic E-state index is -0.297. The Hall–Kier alpha value is -2.56. The lowest BCUT2D eigenvalue weighted by atomic mass is 10.1. The van der Waals surface area contributed by atoms with Gasteiger partial charge >= 0.3 is 0 Å². The molecule has 2 rings (SSSR count). The number of phenolic OH excluding ortho intramolecular Hbond substituents is 1. The van der Waals surface area contributed by atoms with Crippen LogP contribution in [0.15, 0.2) is 39.9 Å². The molecule has 21 heavy (non-hydrogen) atoms. The first-order valence-corrected chi connectivity index (χ1v) is 6.74. The predicted molar refractivity (Wildman–Crippen MR) is 80.6 cm³/mol. The average molecular weight is 286 g/mol. The van der Waals surface area contributed by atoms with Crippen molar-refractivity contribution in [2.75, 3.05) is 0 Å². The van der Waals surface area contributed by atoms with Crippen LogP contribution in [0.1, 0.15) is 40.8 Å². The molecule has 0 saturated carbocycles. The molecule has 0 radical (unpaired) electrons. The van der Waals surface area contributed by atoms with Crippen LogP contribution in [0.5, 0.6) is 5.75 Å². The van der Waals surface area contributed by atoms with Gasteiger partial charge in [-0.25, -0.2) is 5.43 Å². The fourth-order valence-electron chi connectivity index (χ4n) is 2.04. The molecule has 5 heteroatoms. The number of carbonyl (C=O) groups excluding carboxylic acids is 1. The molecule has 0 saturated heterocycles. The Morgan fingerprint density at radius 1 is 1.29 bits per heavy atom. The van der Waals surface area contributed by atoms with Crippen molar-refractivity contribution in [1.29, 1.82) is 0 Å². The molecule has 5 nitrogen and oxygen atoms in total. The highest BCUT2D eigenvalue weighted by atomic mass is 16.3. The van der Waals surface area contributed by atoms with Crippen LogP contribution in [0, 0.1) is 13.8 Å². The van der Waals surface area contributed by atoms with Gasteiger partial charge in [-0.1, -0.05) is 6.92 Å². The van der Waals surface area contributed by atoms with E-state index in [0.29, 0.717) is 23.5 Å². The number of furan rings is 1. The van der Waals surface area contributed by atoms with Crippen LogP contribution < -0.4 is 5.43 Å². The average Bonchev–Trinajstić information content (AvgIpc) is 2.80. The first-order valence-electron chi connectivity index (χ1n) is 6.74. The third-order valence-electron chi connectivity index (χ3n) is 3.11. The lowest BCUT2D eigenvalue weighted by Crippen LogP contribution is -2.20. The zero-order valence-corrected chi connectivity index (χ0v) is 12.3. The number of hydrogen-bond acceptors (Lipinski definition) is 4. The van der Waals surface area contributed by atoms with Crippen LogP contribution in [0.3, 0.4) is 0 Å². The van der Waals surface area contributed by atoms with Crippen molar-refractivity contribution in [3.8, 4) is 5.75 Å². The van der Waals surface area contributed by atoms with E-state index in [2.05, 4.69) is 10.5 Å². The van der Waals surface area contributed by atoms with E-state index < -0.39 is 0 Å².